The molecule has 0 aliphatic carbocycles. The molecule has 0 atom stereocenters. The Morgan fingerprint density at radius 1 is 1.14 bits per heavy atom. The van der Waals surface area contributed by atoms with Gasteiger partial charge in [-0.05, 0) is 24.6 Å². The summed E-state index contributed by atoms with van der Waals surface area (Å²) in [6, 6.07) is 11.2. The molecular weight excluding hydrogens is 307 g/mol. The van der Waals surface area contributed by atoms with Crippen molar-refractivity contribution in [1.29, 1.82) is 0 Å². The van der Waals surface area contributed by atoms with Crippen molar-refractivity contribution in [3.8, 4) is 0 Å². The van der Waals surface area contributed by atoms with Gasteiger partial charge in [-0.25, -0.2) is 4.98 Å². The molecule has 21 heavy (non-hydrogen) atoms. The zero-order chi connectivity index (χ0) is 15.0. The van der Waals surface area contributed by atoms with E-state index in [4.69, 9.17) is 23.2 Å². The molecule has 1 heterocycles. The third-order valence-corrected chi connectivity index (χ3v) is 3.83. The molecule has 0 saturated carbocycles. The van der Waals surface area contributed by atoms with Crippen LogP contribution in [-0.4, -0.2) is 9.55 Å². The summed E-state index contributed by atoms with van der Waals surface area (Å²) in [6.45, 7) is 2.49. The molecular formula is C16H12Cl2N2O. The number of benzene rings is 2. The van der Waals surface area contributed by atoms with E-state index in [-0.39, 0.29) is 5.56 Å². The van der Waals surface area contributed by atoms with Crippen LogP contribution >= 0.6 is 23.2 Å². The van der Waals surface area contributed by atoms with Crippen LogP contribution in [0.15, 0.2) is 47.5 Å². The van der Waals surface area contributed by atoms with E-state index < -0.39 is 0 Å². The first kappa shape index (κ1) is 14.1. The molecule has 0 amide bonds. The molecule has 106 valence electrons. The van der Waals surface area contributed by atoms with Crippen molar-refractivity contribution in [3.63, 3.8) is 0 Å². The van der Waals surface area contributed by atoms with Crippen LogP contribution in [0, 0.1) is 6.92 Å². The summed E-state index contributed by atoms with van der Waals surface area (Å²) in [4.78, 5) is 16.8. The number of rotatable bonds is 2. The van der Waals surface area contributed by atoms with Crippen LogP contribution in [0.3, 0.4) is 0 Å². The minimum Gasteiger partial charge on any atom is -0.294 e. The van der Waals surface area contributed by atoms with Gasteiger partial charge in [0.25, 0.3) is 5.56 Å². The van der Waals surface area contributed by atoms with Crippen LogP contribution in [0.1, 0.15) is 11.1 Å². The summed E-state index contributed by atoms with van der Waals surface area (Å²) >= 11 is 12.0. The van der Waals surface area contributed by atoms with E-state index in [9.17, 15) is 4.79 Å². The molecule has 0 unspecified atom stereocenters. The first-order chi connectivity index (χ1) is 10.0. The summed E-state index contributed by atoms with van der Waals surface area (Å²) in [7, 11) is 0. The molecule has 3 rings (SSSR count). The Kier molecular flexibility index (Phi) is 3.70. The summed E-state index contributed by atoms with van der Waals surface area (Å²) in [6.07, 6.45) is 1.52. The van der Waals surface area contributed by atoms with Crippen molar-refractivity contribution in [3.05, 3.63) is 74.3 Å². The largest absolute Gasteiger partial charge is 0.294 e. The first-order valence-corrected chi connectivity index (χ1v) is 7.20. The Morgan fingerprint density at radius 3 is 2.57 bits per heavy atom. The highest BCUT2D eigenvalue weighted by molar-refractivity contribution is 6.38. The molecule has 0 fully saturated rings. The van der Waals surface area contributed by atoms with E-state index in [1.807, 2.05) is 31.2 Å². The number of hydrogen-bond acceptors (Lipinski definition) is 2. The number of halogens is 2. The lowest BCUT2D eigenvalue weighted by Gasteiger charge is -2.08. The van der Waals surface area contributed by atoms with E-state index in [0.717, 1.165) is 5.56 Å². The van der Waals surface area contributed by atoms with Crippen LogP contribution in [0.2, 0.25) is 10.0 Å². The Bertz CT molecular complexity index is 870. The average molecular weight is 319 g/mol. The normalized spacial score (nSPS) is 11.0. The maximum Gasteiger partial charge on any atom is 0.261 e. The summed E-state index contributed by atoms with van der Waals surface area (Å²) in [5.41, 5.74) is 2.55. The van der Waals surface area contributed by atoms with Crippen LogP contribution in [0.4, 0.5) is 0 Å². The fraction of sp³-hybridized carbons (Fsp3) is 0.125. The summed E-state index contributed by atoms with van der Waals surface area (Å²) in [5.74, 6) is 0. The van der Waals surface area contributed by atoms with E-state index in [2.05, 4.69) is 4.98 Å². The van der Waals surface area contributed by atoms with Gasteiger partial charge in [0.05, 0.1) is 28.8 Å². The minimum absolute atomic E-state index is 0.148. The van der Waals surface area contributed by atoms with Gasteiger partial charge < -0.3 is 0 Å². The predicted octanol–water partition coefficient (Wildman–Crippen LogP) is 4.06. The third-order valence-electron chi connectivity index (χ3n) is 3.32. The third kappa shape index (κ3) is 2.80. The van der Waals surface area contributed by atoms with Crippen molar-refractivity contribution in [2.75, 3.05) is 0 Å². The van der Waals surface area contributed by atoms with Crippen LogP contribution in [0.5, 0.6) is 0 Å². The Morgan fingerprint density at radius 2 is 1.86 bits per heavy atom. The van der Waals surface area contributed by atoms with Gasteiger partial charge >= 0.3 is 0 Å². The van der Waals surface area contributed by atoms with E-state index >= 15 is 0 Å². The van der Waals surface area contributed by atoms with Gasteiger partial charge in [0.2, 0.25) is 0 Å². The van der Waals surface area contributed by atoms with Gasteiger partial charge in [0, 0.05) is 5.02 Å². The van der Waals surface area contributed by atoms with Crippen LogP contribution in [0.25, 0.3) is 10.9 Å². The second-order valence-electron chi connectivity index (χ2n) is 4.95. The lowest BCUT2D eigenvalue weighted by molar-refractivity contribution is 0.748. The highest BCUT2D eigenvalue weighted by Gasteiger charge is 2.09. The molecule has 0 aliphatic rings. The monoisotopic (exact) mass is 318 g/mol. The standard InChI is InChI=1S/C16H12Cl2N2O/c1-10-2-4-11(5-3-10)8-20-9-19-15-13(16(20)21)6-12(17)7-14(15)18/h2-7,9H,8H2,1H3. The molecule has 3 aromatic rings. The molecule has 0 saturated heterocycles. The van der Waals surface area contributed by atoms with Crippen molar-refractivity contribution in [1.82, 2.24) is 9.55 Å². The molecule has 0 aliphatic heterocycles. The second-order valence-corrected chi connectivity index (χ2v) is 5.79. The Labute approximate surface area is 131 Å². The first-order valence-electron chi connectivity index (χ1n) is 6.44. The molecule has 0 spiro atoms. The lowest BCUT2D eigenvalue weighted by atomic mass is 10.1. The Balaban J connectivity index is 2.10. The zero-order valence-corrected chi connectivity index (χ0v) is 12.8. The number of hydrogen-bond donors (Lipinski definition) is 0. The minimum atomic E-state index is -0.148. The molecule has 1 aromatic heterocycles. The van der Waals surface area contributed by atoms with Gasteiger partial charge in [0.1, 0.15) is 0 Å². The number of fused-ring (bicyclic) bond motifs is 1. The van der Waals surface area contributed by atoms with Crippen molar-refractivity contribution in [2.24, 2.45) is 0 Å². The fourth-order valence-corrected chi connectivity index (χ4v) is 2.74. The van der Waals surface area contributed by atoms with Crippen LogP contribution < -0.4 is 5.56 Å². The van der Waals surface area contributed by atoms with Crippen LogP contribution in [-0.2, 0) is 6.54 Å². The van der Waals surface area contributed by atoms with Crippen molar-refractivity contribution in [2.45, 2.75) is 13.5 Å². The quantitative estimate of drug-likeness (QED) is 0.714. The molecule has 2 aromatic carbocycles. The van der Waals surface area contributed by atoms with Gasteiger partial charge in [-0.3, -0.25) is 9.36 Å². The summed E-state index contributed by atoms with van der Waals surface area (Å²) in [5, 5.41) is 1.25. The maximum atomic E-state index is 12.5. The SMILES string of the molecule is Cc1ccc(Cn2cnc3c(Cl)cc(Cl)cc3c2=O)cc1. The second kappa shape index (κ2) is 5.51. The predicted molar refractivity (Wildman–Crippen MR) is 86.3 cm³/mol. The zero-order valence-electron chi connectivity index (χ0n) is 11.3. The van der Waals surface area contributed by atoms with Crippen molar-refractivity contribution >= 4 is 34.1 Å². The Hall–Kier alpha value is -1.84. The van der Waals surface area contributed by atoms with Gasteiger partial charge in [-0.15, -0.1) is 0 Å². The van der Waals surface area contributed by atoms with E-state index in [1.165, 1.54) is 11.9 Å². The number of nitrogens with zero attached hydrogens (tertiary/aromatic N) is 2. The smallest absolute Gasteiger partial charge is 0.261 e. The highest BCUT2D eigenvalue weighted by Crippen LogP contribution is 2.24. The summed E-state index contributed by atoms with van der Waals surface area (Å²) < 4.78 is 1.56. The van der Waals surface area contributed by atoms with E-state index in [1.54, 1.807) is 16.7 Å². The molecule has 3 nitrogen and oxygen atoms in total. The molecule has 0 bridgehead atoms. The van der Waals surface area contributed by atoms with Crippen molar-refractivity contribution < 1.29 is 0 Å². The topological polar surface area (TPSA) is 34.9 Å². The fourth-order valence-electron chi connectivity index (χ4n) is 2.20. The van der Waals surface area contributed by atoms with Gasteiger partial charge in [-0.2, -0.15) is 0 Å². The molecule has 0 radical (unpaired) electrons. The average Bonchev–Trinajstić information content (AvgIpc) is 2.45. The molecule has 5 heteroatoms. The highest BCUT2D eigenvalue weighted by atomic mass is 35.5. The molecule has 0 N–H and O–H groups in total. The lowest BCUT2D eigenvalue weighted by Crippen LogP contribution is -2.21. The van der Waals surface area contributed by atoms with E-state index in [0.29, 0.717) is 27.5 Å². The number of aryl methyl sites for hydroxylation is 1. The van der Waals surface area contributed by atoms with Gasteiger partial charge in [0.15, 0.2) is 0 Å². The number of aromatic nitrogens is 2. The maximum absolute atomic E-state index is 12.5. The van der Waals surface area contributed by atoms with Gasteiger partial charge in [-0.1, -0.05) is 53.0 Å².